The Labute approximate surface area is 130 Å². The third kappa shape index (κ3) is 2.80. The highest BCUT2D eigenvalue weighted by Crippen LogP contribution is 2.31. The van der Waals surface area contributed by atoms with Crippen LogP contribution < -0.4 is 0 Å². The number of nitrogens with zero attached hydrogens (tertiary/aromatic N) is 2. The summed E-state index contributed by atoms with van der Waals surface area (Å²) in [7, 11) is 0. The minimum atomic E-state index is -0.394. The summed E-state index contributed by atoms with van der Waals surface area (Å²) >= 11 is 7.11. The lowest BCUT2D eigenvalue weighted by Crippen LogP contribution is -1.84. The maximum absolute atomic E-state index is 13.9. The lowest BCUT2D eigenvalue weighted by Gasteiger charge is -2.00. The Kier molecular flexibility index (Phi) is 3.70. The number of benzene rings is 2. The summed E-state index contributed by atoms with van der Waals surface area (Å²) in [4.78, 5) is 4.44. The van der Waals surface area contributed by atoms with E-state index in [4.69, 9.17) is 16.9 Å². The molecule has 0 aliphatic carbocycles. The molecule has 0 N–H and O–H groups in total. The fourth-order valence-electron chi connectivity index (χ4n) is 1.94. The van der Waals surface area contributed by atoms with Gasteiger partial charge < -0.3 is 0 Å². The Balaban J connectivity index is 2.02. The largest absolute Gasteiger partial charge is 0.236 e. The number of halogens is 2. The third-order valence-electron chi connectivity index (χ3n) is 2.95. The Hall–Kier alpha value is -2.22. The molecule has 102 valence electrons. The molecule has 0 aliphatic heterocycles. The van der Waals surface area contributed by atoms with Crippen molar-refractivity contribution < 1.29 is 4.39 Å². The first kappa shape index (κ1) is 13.7. The van der Waals surface area contributed by atoms with Crippen LogP contribution in [0.2, 0.25) is 5.02 Å². The van der Waals surface area contributed by atoms with E-state index in [0.29, 0.717) is 21.2 Å². The molecule has 2 aromatic carbocycles. The Morgan fingerprint density at radius 3 is 2.81 bits per heavy atom. The zero-order valence-corrected chi connectivity index (χ0v) is 12.2. The lowest BCUT2D eigenvalue weighted by molar-refractivity contribution is 0.631. The Bertz CT molecular complexity index is 851. The molecule has 0 radical (unpaired) electrons. The molecule has 0 unspecified atom stereocenters. The van der Waals surface area contributed by atoms with Crippen molar-refractivity contribution >= 4 is 22.9 Å². The van der Waals surface area contributed by atoms with Gasteiger partial charge in [0.05, 0.1) is 17.3 Å². The van der Waals surface area contributed by atoms with E-state index in [1.165, 1.54) is 17.4 Å². The number of aromatic nitrogens is 1. The van der Waals surface area contributed by atoms with Gasteiger partial charge in [-0.15, -0.1) is 11.3 Å². The molecule has 3 aromatic rings. The summed E-state index contributed by atoms with van der Waals surface area (Å²) in [5.41, 5.74) is 2.55. The van der Waals surface area contributed by atoms with Crippen LogP contribution in [0.5, 0.6) is 0 Å². The fraction of sp³-hybridized carbons (Fsp3) is 0. The van der Waals surface area contributed by atoms with Gasteiger partial charge in [0, 0.05) is 21.5 Å². The van der Waals surface area contributed by atoms with Crippen LogP contribution in [0.3, 0.4) is 0 Å². The topological polar surface area (TPSA) is 36.7 Å². The van der Waals surface area contributed by atoms with Gasteiger partial charge in [0.1, 0.15) is 10.8 Å². The summed E-state index contributed by atoms with van der Waals surface area (Å²) in [6.45, 7) is 0. The quantitative estimate of drug-likeness (QED) is 0.656. The second-order valence-corrected chi connectivity index (χ2v) is 5.65. The smallest absolute Gasteiger partial charge is 0.134 e. The summed E-state index contributed by atoms with van der Waals surface area (Å²) in [6, 6.07) is 13.8. The maximum atomic E-state index is 13.9. The Morgan fingerprint density at radius 2 is 2.05 bits per heavy atom. The average Bonchev–Trinajstić information content (AvgIpc) is 2.97. The van der Waals surface area contributed by atoms with E-state index in [-0.39, 0.29) is 0 Å². The molecule has 0 saturated carbocycles. The van der Waals surface area contributed by atoms with E-state index in [9.17, 15) is 4.39 Å². The van der Waals surface area contributed by atoms with Crippen LogP contribution >= 0.6 is 22.9 Å². The van der Waals surface area contributed by atoms with Gasteiger partial charge in [-0.05, 0) is 30.3 Å². The van der Waals surface area contributed by atoms with E-state index in [0.717, 1.165) is 11.3 Å². The van der Waals surface area contributed by atoms with Crippen molar-refractivity contribution in [3.8, 4) is 27.9 Å². The van der Waals surface area contributed by atoms with Gasteiger partial charge in [-0.2, -0.15) is 5.26 Å². The number of hydrogen-bond donors (Lipinski definition) is 0. The van der Waals surface area contributed by atoms with E-state index in [2.05, 4.69) is 11.1 Å². The van der Waals surface area contributed by atoms with Gasteiger partial charge in [0.15, 0.2) is 0 Å². The summed E-state index contributed by atoms with van der Waals surface area (Å²) in [5.74, 6) is -0.394. The average molecular weight is 315 g/mol. The molecule has 3 rings (SSSR count). The van der Waals surface area contributed by atoms with Crippen molar-refractivity contribution in [1.82, 2.24) is 4.98 Å². The SMILES string of the molecule is N#Cc1cccc(-c2csc(-c3ccc(Cl)cc3F)n2)c1. The maximum Gasteiger partial charge on any atom is 0.134 e. The molecule has 21 heavy (non-hydrogen) atoms. The van der Waals surface area contributed by atoms with Crippen molar-refractivity contribution in [2.45, 2.75) is 0 Å². The fourth-order valence-corrected chi connectivity index (χ4v) is 2.96. The van der Waals surface area contributed by atoms with Crippen molar-refractivity contribution in [3.05, 3.63) is 64.2 Å². The normalized spacial score (nSPS) is 10.3. The molecule has 0 saturated heterocycles. The minimum absolute atomic E-state index is 0.356. The lowest BCUT2D eigenvalue weighted by atomic mass is 10.1. The molecule has 5 heteroatoms. The number of rotatable bonds is 2. The monoisotopic (exact) mass is 314 g/mol. The van der Waals surface area contributed by atoms with Gasteiger partial charge in [-0.3, -0.25) is 0 Å². The van der Waals surface area contributed by atoms with Crippen LogP contribution in [-0.2, 0) is 0 Å². The second-order valence-electron chi connectivity index (χ2n) is 4.35. The molecule has 0 spiro atoms. The van der Waals surface area contributed by atoms with Gasteiger partial charge in [-0.1, -0.05) is 23.7 Å². The van der Waals surface area contributed by atoms with Crippen molar-refractivity contribution in [1.29, 1.82) is 5.26 Å². The molecule has 2 nitrogen and oxygen atoms in total. The van der Waals surface area contributed by atoms with E-state index < -0.39 is 5.82 Å². The number of thiazole rings is 1. The van der Waals surface area contributed by atoms with Crippen LogP contribution in [0, 0.1) is 17.1 Å². The number of hydrogen-bond acceptors (Lipinski definition) is 3. The van der Waals surface area contributed by atoms with Crippen molar-refractivity contribution in [3.63, 3.8) is 0 Å². The zero-order valence-electron chi connectivity index (χ0n) is 10.7. The summed E-state index contributed by atoms with van der Waals surface area (Å²) in [5, 5.41) is 11.7. The molecular formula is C16H8ClFN2S. The minimum Gasteiger partial charge on any atom is -0.236 e. The summed E-state index contributed by atoms with van der Waals surface area (Å²) in [6.07, 6.45) is 0. The van der Waals surface area contributed by atoms with E-state index in [1.54, 1.807) is 30.3 Å². The highest BCUT2D eigenvalue weighted by atomic mass is 35.5. The van der Waals surface area contributed by atoms with E-state index in [1.807, 2.05) is 11.4 Å². The van der Waals surface area contributed by atoms with Gasteiger partial charge >= 0.3 is 0 Å². The van der Waals surface area contributed by atoms with Crippen LogP contribution in [0.15, 0.2) is 47.8 Å². The highest BCUT2D eigenvalue weighted by molar-refractivity contribution is 7.13. The zero-order chi connectivity index (χ0) is 14.8. The molecular weight excluding hydrogens is 307 g/mol. The molecule has 0 atom stereocenters. The first-order valence-electron chi connectivity index (χ1n) is 6.09. The Morgan fingerprint density at radius 1 is 1.19 bits per heavy atom. The third-order valence-corrected chi connectivity index (χ3v) is 4.06. The predicted octanol–water partition coefficient (Wildman–Crippen LogP) is 5.14. The van der Waals surface area contributed by atoms with Crippen molar-refractivity contribution in [2.75, 3.05) is 0 Å². The van der Waals surface area contributed by atoms with Crippen LogP contribution in [0.1, 0.15) is 5.56 Å². The molecule has 1 heterocycles. The standard InChI is InChI=1S/C16H8ClFN2S/c17-12-4-5-13(14(18)7-12)16-20-15(9-21-16)11-3-1-2-10(6-11)8-19/h1-7,9H. The molecule has 0 bridgehead atoms. The first-order valence-corrected chi connectivity index (χ1v) is 7.34. The predicted molar refractivity (Wildman–Crippen MR) is 82.7 cm³/mol. The van der Waals surface area contributed by atoms with E-state index >= 15 is 0 Å². The molecule has 0 aliphatic rings. The van der Waals surface area contributed by atoms with Gasteiger partial charge in [-0.25, -0.2) is 9.37 Å². The van der Waals surface area contributed by atoms with Gasteiger partial charge in [0.2, 0.25) is 0 Å². The summed E-state index contributed by atoms with van der Waals surface area (Å²) < 4.78 is 13.9. The molecule has 1 aromatic heterocycles. The van der Waals surface area contributed by atoms with Crippen molar-refractivity contribution in [2.24, 2.45) is 0 Å². The highest BCUT2D eigenvalue weighted by Gasteiger charge is 2.11. The van der Waals surface area contributed by atoms with Gasteiger partial charge in [0.25, 0.3) is 0 Å². The first-order chi connectivity index (χ1) is 10.2. The second kappa shape index (κ2) is 5.65. The van der Waals surface area contributed by atoms with Crippen LogP contribution in [0.4, 0.5) is 4.39 Å². The molecule has 0 amide bonds. The van der Waals surface area contributed by atoms with Crippen LogP contribution in [0.25, 0.3) is 21.8 Å². The molecule has 0 fully saturated rings. The van der Waals surface area contributed by atoms with Crippen LogP contribution in [-0.4, -0.2) is 4.98 Å². The number of nitriles is 1.